The summed E-state index contributed by atoms with van der Waals surface area (Å²) in [6.45, 7) is -1.38. The number of carbonyl (C=O) groups excluding carboxylic acids is 3. The van der Waals surface area contributed by atoms with Gasteiger partial charge in [0.1, 0.15) is 0 Å². The van der Waals surface area contributed by atoms with Gasteiger partial charge in [-0.15, -0.1) is 0 Å². The lowest BCUT2D eigenvalue weighted by Gasteiger charge is -2.19. The van der Waals surface area contributed by atoms with Gasteiger partial charge in [-0.05, 0) is 47.5 Å². The second-order valence-electron chi connectivity index (χ2n) is 6.25. The number of esters is 2. The van der Waals surface area contributed by atoms with Crippen LogP contribution in [0.1, 0.15) is 11.1 Å². The molecule has 10 heteroatoms. The molecule has 0 aromatic heterocycles. The first-order valence-corrected chi connectivity index (χ1v) is 8.61. The quantitative estimate of drug-likeness (QED) is 0.157. The molecule has 0 spiro atoms. The molecule has 0 bridgehead atoms. The summed E-state index contributed by atoms with van der Waals surface area (Å²) in [4.78, 5) is 36.1. The molecular formula is C21H18O10. The molecule has 2 aromatic rings. The van der Waals surface area contributed by atoms with Crippen LogP contribution in [0.15, 0.2) is 48.6 Å². The van der Waals surface area contributed by atoms with Crippen LogP contribution < -0.4 is 0 Å². The zero-order valence-electron chi connectivity index (χ0n) is 15.8. The number of ether oxygens (including phenoxy) is 1. The van der Waals surface area contributed by atoms with Crippen molar-refractivity contribution < 1.29 is 49.8 Å². The molecule has 6 N–H and O–H groups in total. The van der Waals surface area contributed by atoms with Gasteiger partial charge in [-0.3, -0.25) is 4.79 Å². The number of carbonyl (C=O) groups is 3. The summed E-state index contributed by atoms with van der Waals surface area (Å²) in [5, 5.41) is 56.8. The number of ketones is 1. The molecule has 1 atom stereocenters. The number of phenolic OH excluding ortho intramolecular Hbond substituents is 4. The van der Waals surface area contributed by atoms with Gasteiger partial charge in [0.25, 0.3) is 0 Å². The van der Waals surface area contributed by atoms with E-state index in [9.17, 15) is 45.0 Å². The fourth-order valence-electron chi connectivity index (χ4n) is 2.22. The van der Waals surface area contributed by atoms with Crippen LogP contribution in [-0.2, 0) is 19.1 Å². The standard InChI is InChI=1S/C21H18O10/c22-11-21(30,18(27)7-3-12-1-5-14(23)16(25)9-12)20(29)31-19(28)8-4-13-2-6-15(24)17(26)10-13/h1-10,22-26,30H,11H2. The maximum Gasteiger partial charge on any atom is 0.356 e. The summed E-state index contributed by atoms with van der Waals surface area (Å²) in [7, 11) is 0. The number of phenols is 4. The summed E-state index contributed by atoms with van der Waals surface area (Å²) in [6.07, 6.45) is 3.71. The normalized spacial score (nSPS) is 13.2. The van der Waals surface area contributed by atoms with Crippen molar-refractivity contribution in [2.75, 3.05) is 6.61 Å². The van der Waals surface area contributed by atoms with E-state index < -0.39 is 47.2 Å². The fourth-order valence-corrected chi connectivity index (χ4v) is 2.22. The Morgan fingerprint density at radius 1 is 0.806 bits per heavy atom. The Labute approximate surface area is 175 Å². The highest BCUT2D eigenvalue weighted by Gasteiger charge is 2.44. The van der Waals surface area contributed by atoms with Gasteiger partial charge >= 0.3 is 11.9 Å². The minimum Gasteiger partial charge on any atom is -0.504 e. The Balaban J connectivity index is 2.08. The molecule has 10 nitrogen and oxygen atoms in total. The van der Waals surface area contributed by atoms with Crippen LogP contribution in [0.4, 0.5) is 0 Å². The highest BCUT2D eigenvalue weighted by atomic mass is 16.6. The van der Waals surface area contributed by atoms with E-state index >= 15 is 0 Å². The Hall–Kier alpha value is -4.15. The largest absolute Gasteiger partial charge is 0.504 e. The van der Waals surface area contributed by atoms with Crippen molar-refractivity contribution in [3.05, 3.63) is 59.7 Å². The Morgan fingerprint density at radius 3 is 1.74 bits per heavy atom. The van der Waals surface area contributed by atoms with Gasteiger partial charge < -0.3 is 35.4 Å². The summed E-state index contributed by atoms with van der Waals surface area (Å²) in [5.41, 5.74) is -2.56. The third kappa shape index (κ3) is 5.69. The average Bonchev–Trinajstić information content (AvgIpc) is 2.74. The van der Waals surface area contributed by atoms with Crippen molar-refractivity contribution in [1.29, 1.82) is 0 Å². The molecule has 0 fully saturated rings. The highest BCUT2D eigenvalue weighted by molar-refractivity contribution is 6.15. The zero-order chi connectivity index (χ0) is 23.2. The molecule has 2 rings (SSSR count). The predicted octanol–water partition coefficient (Wildman–Crippen LogP) is 0.598. The second kappa shape index (κ2) is 9.57. The molecule has 0 radical (unpaired) electrons. The number of hydrogen-bond donors (Lipinski definition) is 6. The van der Waals surface area contributed by atoms with E-state index in [0.29, 0.717) is 0 Å². The lowest BCUT2D eigenvalue weighted by atomic mass is 9.98. The van der Waals surface area contributed by atoms with Crippen molar-refractivity contribution in [2.24, 2.45) is 0 Å². The van der Waals surface area contributed by atoms with Crippen LogP contribution in [0, 0.1) is 0 Å². The van der Waals surface area contributed by atoms with Gasteiger partial charge in [0.05, 0.1) is 6.61 Å². The van der Waals surface area contributed by atoms with Crippen LogP contribution in [0.25, 0.3) is 12.2 Å². The molecular weight excluding hydrogens is 412 g/mol. The van der Waals surface area contributed by atoms with Crippen LogP contribution in [0.5, 0.6) is 23.0 Å². The smallest absolute Gasteiger partial charge is 0.356 e. The van der Waals surface area contributed by atoms with Crippen molar-refractivity contribution in [1.82, 2.24) is 0 Å². The summed E-state index contributed by atoms with van der Waals surface area (Å²) < 4.78 is 4.38. The lowest BCUT2D eigenvalue weighted by Crippen LogP contribution is -2.50. The maximum atomic E-state index is 12.2. The first kappa shape index (κ1) is 23.1. The highest BCUT2D eigenvalue weighted by Crippen LogP contribution is 2.26. The van der Waals surface area contributed by atoms with Gasteiger partial charge in [-0.2, -0.15) is 0 Å². The lowest BCUT2D eigenvalue weighted by molar-refractivity contribution is -0.176. The topological polar surface area (TPSA) is 182 Å². The van der Waals surface area contributed by atoms with Crippen molar-refractivity contribution in [3.63, 3.8) is 0 Å². The van der Waals surface area contributed by atoms with E-state index in [1.54, 1.807) is 0 Å². The van der Waals surface area contributed by atoms with Gasteiger partial charge in [-0.1, -0.05) is 18.2 Å². The molecule has 0 aliphatic rings. The third-order valence-corrected chi connectivity index (χ3v) is 4.01. The molecule has 2 aromatic carbocycles. The fraction of sp³-hybridized carbons (Fsp3) is 0.0952. The van der Waals surface area contributed by atoms with E-state index in [4.69, 9.17) is 0 Å². The molecule has 0 aliphatic carbocycles. The minimum absolute atomic E-state index is 0.230. The number of aromatic hydroxyl groups is 4. The van der Waals surface area contributed by atoms with Crippen molar-refractivity contribution in [3.8, 4) is 23.0 Å². The van der Waals surface area contributed by atoms with Gasteiger partial charge in [-0.25, -0.2) is 9.59 Å². The minimum atomic E-state index is -3.06. The number of hydrogen-bond acceptors (Lipinski definition) is 10. The van der Waals surface area contributed by atoms with E-state index in [0.717, 1.165) is 48.6 Å². The molecule has 0 saturated heterocycles. The van der Waals surface area contributed by atoms with Gasteiger partial charge in [0.15, 0.2) is 23.0 Å². The number of aliphatic hydroxyl groups excluding tert-OH is 1. The van der Waals surface area contributed by atoms with Gasteiger partial charge in [0, 0.05) is 6.08 Å². The van der Waals surface area contributed by atoms with Crippen molar-refractivity contribution >= 4 is 29.9 Å². The first-order chi connectivity index (χ1) is 14.6. The Kier molecular flexibility index (Phi) is 7.14. The second-order valence-corrected chi connectivity index (χ2v) is 6.25. The summed E-state index contributed by atoms with van der Waals surface area (Å²) >= 11 is 0. The molecule has 0 saturated carbocycles. The van der Waals surface area contributed by atoms with Crippen LogP contribution in [0.2, 0.25) is 0 Å². The first-order valence-electron chi connectivity index (χ1n) is 8.61. The van der Waals surface area contributed by atoms with Gasteiger partial charge in [0.2, 0.25) is 11.4 Å². The SMILES string of the molecule is O=C(C=Cc1ccc(O)c(O)c1)OC(=O)C(O)(CO)C(=O)C=Cc1ccc(O)c(O)c1. The Morgan fingerprint density at radius 2 is 1.29 bits per heavy atom. The number of rotatable bonds is 7. The molecule has 1 unspecified atom stereocenters. The molecule has 0 amide bonds. The van der Waals surface area contributed by atoms with Crippen LogP contribution in [0.3, 0.4) is 0 Å². The van der Waals surface area contributed by atoms with Crippen LogP contribution >= 0.6 is 0 Å². The molecule has 162 valence electrons. The average molecular weight is 430 g/mol. The summed E-state index contributed by atoms with van der Waals surface area (Å²) in [5.74, 6) is -5.98. The Bertz CT molecular complexity index is 1070. The predicted molar refractivity (Wildman–Crippen MR) is 106 cm³/mol. The van der Waals surface area contributed by atoms with E-state index in [1.165, 1.54) is 12.1 Å². The maximum absolute atomic E-state index is 12.2. The number of benzene rings is 2. The third-order valence-electron chi connectivity index (χ3n) is 4.01. The molecule has 0 aliphatic heterocycles. The molecule has 0 heterocycles. The van der Waals surface area contributed by atoms with E-state index in [1.807, 2.05) is 0 Å². The molecule has 31 heavy (non-hydrogen) atoms. The van der Waals surface area contributed by atoms with E-state index in [2.05, 4.69) is 4.74 Å². The number of aliphatic hydroxyl groups is 2. The van der Waals surface area contributed by atoms with Crippen LogP contribution in [-0.4, -0.2) is 60.6 Å². The summed E-state index contributed by atoms with van der Waals surface area (Å²) in [6, 6.07) is 7.20. The monoisotopic (exact) mass is 430 g/mol. The van der Waals surface area contributed by atoms with E-state index in [-0.39, 0.29) is 16.9 Å². The zero-order valence-corrected chi connectivity index (χ0v) is 15.8. The van der Waals surface area contributed by atoms with Crippen molar-refractivity contribution in [2.45, 2.75) is 5.60 Å².